The molecule has 0 aliphatic rings. The first-order valence-corrected chi connectivity index (χ1v) is 3.87. The molecule has 0 spiro atoms. The molecule has 1 heterocycles. The largest absolute Gasteiger partial charge is 0.206 e. The molecule has 1 rings (SSSR count). The van der Waals surface area contributed by atoms with Gasteiger partial charge in [-0.1, -0.05) is 13.8 Å². The van der Waals surface area contributed by atoms with E-state index in [9.17, 15) is 4.39 Å². The molecule has 0 unspecified atom stereocenters. The SMILES string of the molecule is CC.Cc1cc(F)cs1. The van der Waals surface area contributed by atoms with Crippen LogP contribution in [0.3, 0.4) is 0 Å². The normalized spacial score (nSPS) is 8.00. The molecule has 0 N–H and O–H groups in total. The van der Waals surface area contributed by atoms with E-state index in [1.54, 1.807) is 0 Å². The lowest BCUT2D eigenvalue weighted by Crippen LogP contribution is -1.54. The van der Waals surface area contributed by atoms with Gasteiger partial charge in [-0.05, 0) is 13.0 Å². The van der Waals surface area contributed by atoms with Crippen LogP contribution in [0, 0.1) is 12.7 Å². The van der Waals surface area contributed by atoms with E-state index in [0.29, 0.717) is 0 Å². The molecule has 0 aliphatic carbocycles. The van der Waals surface area contributed by atoms with Crippen molar-refractivity contribution in [1.29, 1.82) is 0 Å². The number of thiophene rings is 1. The summed E-state index contributed by atoms with van der Waals surface area (Å²) in [5.74, 6) is -0.123. The highest BCUT2D eigenvalue weighted by Gasteiger charge is 1.88. The Kier molecular flexibility index (Phi) is 4.32. The van der Waals surface area contributed by atoms with Crippen molar-refractivity contribution in [3.05, 3.63) is 22.1 Å². The molecule has 0 aromatic carbocycles. The fourth-order valence-electron chi connectivity index (χ4n) is 0.411. The monoisotopic (exact) mass is 146 g/mol. The van der Waals surface area contributed by atoms with E-state index in [4.69, 9.17) is 0 Å². The maximum absolute atomic E-state index is 11.9. The first-order valence-electron chi connectivity index (χ1n) is 2.99. The molecule has 1 aromatic rings. The minimum atomic E-state index is -0.123. The fraction of sp³-hybridized carbons (Fsp3) is 0.429. The summed E-state index contributed by atoms with van der Waals surface area (Å²) in [6.07, 6.45) is 0. The predicted molar refractivity (Wildman–Crippen MR) is 40.4 cm³/mol. The van der Waals surface area contributed by atoms with E-state index in [1.807, 2.05) is 20.8 Å². The summed E-state index contributed by atoms with van der Waals surface area (Å²) in [5.41, 5.74) is 0. The summed E-state index contributed by atoms with van der Waals surface area (Å²) in [6.45, 7) is 5.88. The van der Waals surface area contributed by atoms with Gasteiger partial charge >= 0.3 is 0 Å². The van der Waals surface area contributed by atoms with Crippen LogP contribution >= 0.6 is 11.3 Å². The van der Waals surface area contributed by atoms with Gasteiger partial charge in [0.15, 0.2) is 0 Å². The smallest absolute Gasteiger partial charge is 0.134 e. The van der Waals surface area contributed by atoms with Crippen molar-refractivity contribution in [2.75, 3.05) is 0 Å². The van der Waals surface area contributed by atoms with Gasteiger partial charge in [0.2, 0.25) is 0 Å². The van der Waals surface area contributed by atoms with Crippen LogP contribution in [-0.2, 0) is 0 Å². The van der Waals surface area contributed by atoms with Gasteiger partial charge < -0.3 is 0 Å². The lowest BCUT2D eigenvalue weighted by molar-refractivity contribution is 0.633. The van der Waals surface area contributed by atoms with Crippen LogP contribution in [0.15, 0.2) is 11.4 Å². The molecule has 0 saturated carbocycles. The lowest BCUT2D eigenvalue weighted by Gasteiger charge is -1.67. The van der Waals surface area contributed by atoms with Gasteiger partial charge in [-0.2, -0.15) is 0 Å². The first-order chi connectivity index (χ1) is 4.29. The number of hydrogen-bond donors (Lipinski definition) is 0. The zero-order valence-electron chi connectivity index (χ0n) is 5.94. The van der Waals surface area contributed by atoms with Crippen molar-refractivity contribution < 1.29 is 4.39 Å². The highest BCUT2D eigenvalue weighted by atomic mass is 32.1. The first kappa shape index (κ1) is 8.63. The molecule has 0 aliphatic heterocycles. The average molecular weight is 146 g/mol. The molecular formula is C7H11FS. The average Bonchev–Trinajstić information content (AvgIpc) is 2.20. The van der Waals surface area contributed by atoms with Gasteiger partial charge in [0.25, 0.3) is 0 Å². The molecule has 0 atom stereocenters. The van der Waals surface area contributed by atoms with Crippen LogP contribution in [0.4, 0.5) is 4.39 Å². The third kappa shape index (κ3) is 3.25. The second-order valence-corrected chi connectivity index (χ2v) is 2.49. The Hall–Kier alpha value is -0.370. The molecule has 0 fully saturated rings. The summed E-state index contributed by atoms with van der Waals surface area (Å²) < 4.78 is 11.9. The van der Waals surface area contributed by atoms with E-state index in [1.165, 1.54) is 22.8 Å². The van der Waals surface area contributed by atoms with E-state index in [-0.39, 0.29) is 5.82 Å². The number of aryl methyl sites for hydroxylation is 1. The summed E-state index contributed by atoms with van der Waals surface area (Å²) in [6, 6.07) is 1.52. The molecular weight excluding hydrogens is 135 g/mol. The van der Waals surface area contributed by atoms with Crippen molar-refractivity contribution >= 4 is 11.3 Å². The maximum Gasteiger partial charge on any atom is 0.134 e. The lowest BCUT2D eigenvalue weighted by atomic mass is 10.5. The minimum absolute atomic E-state index is 0.123. The third-order valence-corrected chi connectivity index (χ3v) is 1.53. The highest BCUT2D eigenvalue weighted by molar-refractivity contribution is 7.09. The van der Waals surface area contributed by atoms with Crippen LogP contribution in [-0.4, -0.2) is 0 Å². The highest BCUT2D eigenvalue weighted by Crippen LogP contribution is 2.09. The van der Waals surface area contributed by atoms with Crippen LogP contribution in [0.25, 0.3) is 0 Å². The Labute approximate surface area is 59.3 Å². The second kappa shape index (κ2) is 4.50. The van der Waals surface area contributed by atoms with Gasteiger partial charge in [0.1, 0.15) is 5.82 Å². The maximum atomic E-state index is 11.9. The zero-order chi connectivity index (χ0) is 7.28. The van der Waals surface area contributed by atoms with Gasteiger partial charge in [-0.15, -0.1) is 11.3 Å². The van der Waals surface area contributed by atoms with Crippen molar-refractivity contribution in [1.82, 2.24) is 0 Å². The minimum Gasteiger partial charge on any atom is -0.206 e. The quantitative estimate of drug-likeness (QED) is 0.527. The van der Waals surface area contributed by atoms with Crippen molar-refractivity contribution in [2.45, 2.75) is 20.8 Å². The summed E-state index contributed by atoms with van der Waals surface area (Å²) in [7, 11) is 0. The van der Waals surface area contributed by atoms with Crippen LogP contribution in [0.5, 0.6) is 0 Å². The third-order valence-electron chi connectivity index (χ3n) is 0.699. The van der Waals surface area contributed by atoms with Gasteiger partial charge in [-0.3, -0.25) is 0 Å². The Morgan fingerprint density at radius 3 is 2.11 bits per heavy atom. The number of halogens is 1. The molecule has 0 radical (unpaired) electrons. The zero-order valence-corrected chi connectivity index (χ0v) is 6.76. The summed E-state index contributed by atoms with van der Waals surface area (Å²) in [4.78, 5) is 1.03. The molecule has 0 bridgehead atoms. The standard InChI is InChI=1S/C5H5FS.C2H6/c1-4-2-5(6)3-7-4;1-2/h2-3H,1H3;1-2H3. The summed E-state index contributed by atoms with van der Waals surface area (Å²) in [5, 5.41) is 1.50. The molecule has 52 valence electrons. The number of hydrogen-bond acceptors (Lipinski definition) is 1. The van der Waals surface area contributed by atoms with Gasteiger partial charge in [0, 0.05) is 10.3 Å². The molecule has 2 heteroatoms. The predicted octanol–water partition coefficient (Wildman–Crippen LogP) is 3.22. The van der Waals surface area contributed by atoms with Crippen molar-refractivity contribution in [2.24, 2.45) is 0 Å². The van der Waals surface area contributed by atoms with E-state index in [2.05, 4.69) is 0 Å². The van der Waals surface area contributed by atoms with Crippen LogP contribution < -0.4 is 0 Å². The van der Waals surface area contributed by atoms with E-state index < -0.39 is 0 Å². The molecule has 0 nitrogen and oxygen atoms in total. The molecule has 0 amide bonds. The Morgan fingerprint density at radius 2 is 2.00 bits per heavy atom. The topological polar surface area (TPSA) is 0 Å². The Morgan fingerprint density at radius 1 is 1.44 bits per heavy atom. The molecule has 1 aromatic heterocycles. The van der Waals surface area contributed by atoms with Crippen LogP contribution in [0.1, 0.15) is 18.7 Å². The van der Waals surface area contributed by atoms with Gasteiger partial charge in [0.05, 0.1) is 0 Å². The molecule has 0 saturated heterocycles. The van der Waals surface area contributed by atoms with E-state index in [0.717, 1.165) is 4.88 Å². The fourth-order valence-corrected chi connectivity index (χ4v) is 0.959. The van der Waals surface area contributed by atoms with Crippen LogP contribution in [0.2, 0.25) is 0 Å². The summed E-state index contributed by atoms with van der Waals surface area (Å²) >= 11 is 1.43. The van der Waals surface area contributed by atoms with Crippen molar-refractivity contribution in [3.8, 4) is 0 Å². The van der Waals surface area contributed by atoms with Crippen molar-refractivity contribution in [3.63, 3.8) is 0 Å². The number of rotatable bonds is 0. The Balaban J connectivity index is 0.000000291. The van der Waals surface area contributed by atoms with Gasteiger partial charge in [-0.25, -0.2) is 4.39 Å². The van der Waals surface area contributed by atoms with E-state index >= 15 is 0 Å². The second-order valence-electron chi connectivity index (χ2n) is 1.38. The molecule has 9 heavy (non-hydrogen) atoms. The Bertz CT molecular complexity index is 141.